The van der Waals surface area contributed by atoms with E-state index in [4.69, 9.17) is 0 Å². The van der Waals surface area contributed by atoms with E-state index >= 15 is 0 Å². The zero-order valence-corrected chi connectivity index (χ0v) is 16.4. The maximum absolute atomic E-state index is 13.0. The molecule has 0 atom stereocenters. The first-order chi connectivity index (χ1) is 13.3. The van der Waals surface area contributed by atoms with Crippen LogP contribution in [0.3, 0.4) is 0 Å². The molecule has 2 N–H and O–H groups in total. The summed E-state index contributed by atoms with van der Waals surface area (Å²) in [5, 5.41) is 15.0. The van der Waals surface area contributed by atoms with Gasteiger partial charge in [-0.05, 0) is 62.2 Å². The number of amides is 1. The number of halogens is 1. The molecule has 0 radical (unpaired) electrons. The largest absolute Gasteiger partial charge is 0.354 e. The van der Waals surface area contributed by atoms with Crippen LogP contribution in [0, 0.1) is 0 Å². The standard InChI is InChI=1S/C20H24N6O.ClH/c27-19(20(8-13-21-14-9-20)26-16-2-11-24-26)22-12-7-17-3-5-18(6-4-17)25-15-1-10-23-25;/h1-6,10-11,15-16,21H,7-9,12-14H2,(H,22,27);1H. The molecule has 0 aliphatic carbocycles. The molecule has 7 nitrogen and oxygen atoms in total. The van der Waals surface area contributed by atoms with Crippen LogP contribution in [0.2, 0.25) is 0 Å². The molecule has 0 bridgehead atoms. The summed E-state index contributed by atoms with van der Waals surface area (Å²) in [5.74, 6) is 0.0564. The van der Waals surface area contributed by atoms with E-state index in [-0.39, 0.29) is 18.3 Å². The van der Waals surface area contributed by atoms with E-state index < -0.39 is 5.54 Å². The van der Waals surface area contributed by atoms with Gasteiger partial charge in [0.2, 0.25) is 5.91 Å². The van der Waals surface area contributed by atoms with E-state index in [1.807, 2.05) is 46.0 Å². The fourth-order valence-electron chi connectivity index (χ4n) is 3.64. The van der Waals surface area contributed by atoms with Crippen LogP contribution in [0.25, 0.3) is 5.69 Å². The third-order valence-corrected chi connectivity index (χ3v) is 5.20. The van der Waals surface area contributed by atoms with Crippen LogP contribution in [0.15, 0.2) is 61.2 Å². The minimum absolute atomic E-state index is 0. The number of carbonyl (C=O) groups is 1. The number of nitrogens with zero attached hydrogens (tertiary/aromatic N) is 4. The Morgan fingerprint density at radius 1 is 1.07 bits per heavy atom. The van der Waals surface area contributed by atoms with E-state index in [0.29, 0.717) is 6.54 Å². The van der Waals surface area contributed by atoms with Crippen molar-refractivity contribution in [2.45, 2.75) is 24.8 Å². The number of aromatic nitrogens is 4. The topological polar surface area (TPSA) is 76.8 Å². The number of carbonyl (C=O) groups excluding carboxylic acids is 1. The summed E-state index contributed by atoms with van der Waals surface area (Å²) in [7, 11) is 0. The summed E-state index contributed by atoms with van der Waals surface area (Å²) in [6.07, 6.45) is 9.59. The normalized spacial score (nSPS) is 15.6. The second-order valence-corrected chi connectivity index (χ2v) is 6.86. The average Bonchev–Trinajstić information content (AvgIpc) is 3.43. The number of piperidine rings is 1. The smallest absolute Gasteiger partial charge is 0.248 e. The Morgan fingerprint density at radius 2 is 1.79 bits per heavy atom. The van der Waals surface area contributed by atoms with Crippen LogP contribution in [0.5, 0.6) is 0 Å². The van der Waals surface area contributed by atoms with Crippen molar-refractivity contribution in [2.24, 2.45) is 0 Å². The number of benzene rings is 1. The van der Waals surface area contributed by atoms with Gasteiger partial charge in [-0.15, -0.1) is 12.4 Å². The molecule has 3 heterocycles. The quantitative estimate of drug-likeness (QED) is 0.662. The highest BCUT2D eigenvalue weighted by Crippen LogP contribution is 2.27. The molecule has 2 aromatic heterocycles. The molecular formula is C20H25ClN6O. The van der Waals surface area contributed by atoms with E-state index in [9.17, 15) is 4.79 Å². The molecule has 1 aromatic carbocycles. The van der Waals surface area contributed by atoms with Crippen molar-refractivity contribution in [1.82, 2.24) is 30.2 Å². The second-order valence-electron chi connectivity index (χ2n) is 6.86. The first kappa shape index (κ1) is 20.1. The summed E-state index contributed by atoms with van der Waals surface area (Å²) in [4.78, 5) is 13.0. The van der Waals surface area contributed by atoms with Crippen LogP contribution in [0.1, 0.15) is 18.4 Å². The van der Waals surface area contributed by atoms with Crippen molar-refractivity contribution in [3.63, 3.8) is 0 Å². The summed E-state index contributed by atoms with van der Waals surface area (Å²) in [6, 6.07) is 12.0. The van der Waals surface area contributed by atoms with Gasteiger partial charge >= 0.3 is 0 Å². The Labute approximate surface area is 170 Å². The number of hydrogen-bond acceptors (Lipinski definition) is 4. The van der Waals surface area contributed by atoms with E-state index in [0.717, 1.165) is 38.0 Å². The molecule has 4 rings (SSSR count). The molecule has 1 fully saturated rings. The first-order valence-electron chi connectivity index (χ1n) is 9.36. The highest BCUT2D eigenvalue weighted by atomic mass is 35.5. The van der Waals surface area contributed by atoms with Crippen molar-refractivity contribution in [3.8, 4) is 5.69 Å². The number of nitrogens with one attached hydrogen (secondary N) is 2. The van der Waals surface area contributed by atoms with E-state index in [1.165, 1.54) is 5.56 Å². The predicted octanol–water partition coefficient (Wildman–Crippen LogP) is 1.93. The van der Waals surface area contributed by atoms with Gasteiger partial charge in [0.25, 0.3) is 0 Å². The van der Waals surface area contributed by atoms with Crippen molar-refractivity contribution in [2.75, 3.05) is 19.6 Å². The zero-order valence-electron chi connectivity index (χ0n) is 15.6. The van der Waals surface area contributed by atoms with Crippen molar-refractivity contribution < 1.29 is 4.79 Å². The second kappa shape index (κ2) is 9.03. The molecule has 0 spiro atoms. The minimum atomic E-state index is -0.585. The van der Waals surface area contributed by atoms with E-state index in [2.05, 4.69) is 33.0 Å². The Kier molecular flexibility index (Phi) is 6.49. The molecule has 1 amide bonds. The molecule has 0 saturated carbocycles. The fourth-order valence-corrected chi connectivity index (χ4v) is 3.64. The highest BCUT2D eigenvalue weighted by Gasteiger charge is 2.41. The van der Waals surface area contributed by atoms with Gasteiger partial charge in [-0.2, -0.15) is 10.2 Å². The van der Waals surface area contributed by atoms with Crippen LogP contribution in [-0.4, -0.2) is 45.1 Å². The van der Waals surface area contributed by atoms with Crippen LogP contribution in [-0.2, 0) is 16.8 Å². The van der Waals surface area contributed by atoms with Gasteiger partial charge < -0.3 is 10.6 Å². The van der Waals surface area contributed by atoms with Gasteiger partial charge in [0.1, 0.15) is 5.54 Å². The molecule has 0 unspecified atom stereocenters. The fraction of sp³-hybridized carbons (Fsp3) is 0.350. The molecule has 1 aliphatic rings. The lowest BCUT2D eigenvalue weighted by atomic mass is 9.87. The van der Waals surface area contributed by atoms with Crippen LogP contribution in [0.4, 0.5) is 0 Å². The summed E-state index contributed by atoms with van der Waals surface area (Å²) in [6.45, 7) is 2.25. The van der Waals surface area contributed by atoms with Gasteiger partial charge in [-0.3, -0.25) is 9.48 Å². The van der Waals surface area contributed by atoms with Gasteiger partial charge in [0.05, 0.1) is 5.69 Å². The number of hydrogen-bond donors (Lipinski definition) is 2. The van der Waals surface area contributed by atoms with Gasteiger partial charge in [-0.25, -0.2) is 4.68 Å². The van der Waals surface area contributed by atoms with Gasteiger partial charge in [0.15, 0.2) is 0 Å². The Bertz CT molecular complexity index is 855. The number of rotatable bonds is 6. The average molecular weight is 401 g/mol. The first-order valence-corrected chi connectivity index (χ1v) is 9.36. The van der Waals surface area contributed by atoms with Gasteiger partial charge in [-0.1, -0.05) is 12.1 Å². The third-order valence-electron chi connectivity index (χ3n) is 5.20. The lowest BCUT2D eigenvalue weighted by molar-refractivity contribution is -0.131. The van der Waals surface area contributed by atoms with Crippen LogP contribution >= 0.6 is 12.4 Å². The van der Waals surface area contributed by atoms with E-state index in [1.54, 1.807) is 12.4 Å². The lowest BCUT2D eigenvalue weighted by Gasteiger charge is -2.36. The minimum Gasteiger partial charge on any atom is -0.354 e. The summed E-state index contributed by atoms with van der Waals surface area (Å²) in [5.41, 5.74) is 1.63. The van der Waals surface area contributed by atoms with Crippen LogP contribution < -0.4 is 10.6 Å². The summed E-state index contributed by atoms with van der Waals surface area (Å²) < 4.78 is 3.65. The van der Waals surface area contributed by atoms with Gasteiger partial charge in [0, 0.05) is 31.3 Å². The predicted molar refractivity (Wildman–Crippen MR) is 110 cm³/mol. The molecule has 3 aromatic rings. The van der Waals surface area contributed by atoms with Crippen molar-refractivity contribution >= 4 is 18.3 Å². The molecule has 8 heteroatoms. The lowest BCUT2D eigenvalue weighted by Crippen LogP contribution is -2.54. The van der Waals surface area contributed by atoms with Crippen molar-refractivity contribution in [1.29, 1.82) is 0 Å². The molecule has 1 saturated heterocycles. The Hall–Kier alpha value is -2.64. The molecule has 1 aliphatic heterocycles. The Balaban J connectivity index is 0.00000225. The monoisotopic (exact) mass is 400 g/mol. The SMILES string of the molecule is Cl.O=C(NCCc1ccc(-n2cccn2)cc1)C1(n2cccn2)CCNCC1. The maximum atomic E-state index is 13.0. The third kappa shape index (κ3) is 4.10. The molecule has 28 heavy (non-hydrogen) atoms. The summed E-state index contributed by atoms with van der Waals surface area (Å²) >= 11 is 0. The van der Waals surface area contributed by atoms with Crippen molar-refractivity contribution in [3.05, 3.63) is 66.7 Å². The Morgan fingerprint density at radius 3 is 2.43 bits per heavy atom. The molecular weight excluding hydrogens is 376 g/mol. The molecule has 148 valence electrons. The highest BCUT2D eigenvalue weighted by molar-refractivity contribution is 5.85. The zero-order chi connectivity index (χ0) is 18.5. The maximum Gasteiger partial charge on any atom is 0.248 e.